The molecule has 0 radical (unpaired) electrons. The Balaban J connectivity index is 1.50. The van der Waals surface area contributed by atoms with Crippen LogP contribution >= 0.6 is 11.3 Å². The van der Waals surface area contributed by atoms with E-state index in [2.05, 4.69) is 15.0 Å². The van der Waals surface area contributed by atoms with Gasteiger partial charge < -0.3 is 13.9 Å². The van der Waals surface area contributed by atoms with E-state index in [0.29, 0.717) is 39.0 Å². The predicted molar refractivity (Wildman–Crippen MR) is 110 cm³/mol. The Bertz CT molecular complexity index is 1190. The van der Waals surface area contributed by atoms with Crippen molar-refractivity contribution in [1.29, 1.82) is 0 Å². The van der Waals surface area contributed by atoms with Crippen molar-refractivity contribution in [3.05, 3.63) is 65.0 Å². The maximum absolute atomic E-state index is 12.4. The number of thiazole rings is 1. The van der Waals surface area contributed by atoms with Gasteiger partial charge in [0.15, 0.2) is 10.9 Å². The molecule has 8 heteroatoms. The lowest BCUT2D eigenvalue weighted by molar-refractivity contribution is 0.0600. The second-order valence-corrected chi connectivity index (χ2v) is 6.93. The molecular formula is C21H16N2O5S. The van der Waals surface area contributed by atoms with Gasteiger partial charge in [0, 0.05) is 22.4 Å². The van der Waals surface area contributed by atoms with Crippen LogP contribution in [0.2, 0.25) is 0 Å². The monoisotopic (exact) mass is 408 g/mol. The minimum Gasteiger partial charge on any atom is -0.497 e. The number of benzene rings is 2. The van der Waals surface area contributed by atoms with Crippen LogP contribution in [0.15, 0.2) is 58.3 Å². The number of hydrogen-bond acceptors (Lipinski definition) is 7. The van der Waals surface area contributed by atoms with Crippen LogP contribution in [0.25, 0.3) is 22.4 Å². The summed E-state index contributed by atoms with van der Waals surface area (Å²) in [4.78, 5) is 28.3. The number of amides is 1. The molecule has 0 atom stereocenters. The largest absolute Gasteiger partial charge is 0.497 e. The van der Waals surface area contributed by atoms with Gasteiger partial charge in [-0.25, -0.2) is 9.78 Å². The highest BCUT2D eigenvalue weighted by atomic mass is 32.1. The summed E-state index contributed by atoms with van der Waals surface area (Å²) in [5, 5.41) is 5.94. The van der Waals surface area contributed by atoms with Crippen LogP contribution in [0, 0.1) is 0 Å². The maximum Gasteiger partial charge on any atom is 0.337 e. The summed E-state index contributed by atoms with van der Waals surface area (Å²) in [6.07, 6.45) is 0. The Hall–Kier alpha value is -3.65. The van der Waals surface area contributed by atoms with Gasteiger partial charge in [0.25, 0.3) is 5.91 Å². The lowest BCUT2D eigenvalue weighted by Gasteiger charge is -2.03. The van der Waals surface area contributed by atoms with Crippen LogP contribution in [0.1, 0.15) is 20.7 Å². The molecule has 0 bridgehead atoms. The third kappa shape index (κ3) is 3.83. The number of methoxy groups -OCH3 is 2. The number of esters is 1. The molecule has 4 aromatic rings. The molecule has 0 spiro atoms. The number of carbonyl (C=O) groups is 2. The van der Waals surface area contributed by atoms with Gasteiger partial charge in [-0.3, -0.25) is 10.1 Å². The molecule has 29 heavy (non-hydrogen) atoms. The molecule has 1 N–H and O–H groups in total. The molecular weight excluding hydrogens is 392 g/mol. The van der Waals surface area contributed by atoms with E-state index in [1.807, 2.05) is 29.6 Å². The van der Waals surface area contributed by atoms with Gasteiger partial charge in [-0.05, 0) is 42.5 Å². The number of aromatic nitrogens is 1. The van der Waals surface area contributed by atoms with E-state index in [4.69, 9.17) is 9.15 Å². The molecule has 0 saturated carbocycles. The fourth-order valence-corrected chi connectivity index (χ4v) is 3.45. The highest BCUT2D eigenvalue weighted by molar-refractivity contribution is 7.14. The minimum absolute atomic E-state index is 0.323. The standard InChI is InChI=1S/C21H16N2O5S/c1-26-15-8-7-14-9-18(28-17(14)10-15)16-11-29-21(22-16)23-19(24)12-3-5-13(6-4-12)20(25)27-2/h3-11H,1-2H3,(H,22,23,24). The van der Waals surface area contributed by atoms with Crippen LogP contribution in [-0.4, -0.2) is 31.1 Å². The Morgan fingerprint density at radius 2 is 1.79 bits per heavy atom. The normalized spacial score (nSPS) is 10.7. The fourth-order valence-electron chi connectivity index (χ4n) is 2.75. The highest BCUT2D eigenvalue weighted by Crippen LogP contribution is 2.32. The highest BCUT2D eigenvalue weighted by Gasteiger charge is 2.14. The zero-order chi connectivity index (χ0) is 20.4. The van der Waals surface area contributed by atoms with Crippen LogP contribution in [0.3, 0.4) is 0 Å². The first-order valence-corrected chi connectivity index (χ1v) is 9.48. The van der Waals surface area contributed by atoms with Crippen molar-refractivity contribution in [3.8, 4) is 17.2 Å². The smallest absolute Gasteiger partial charge is 0.337 e. The van der Waals surface area contributed by atoms with Crippen molar-refractivity contribution < 1.29 is 23.5 Å². The molecule has 4 rings (SSSR count). The summed E-state index contributed by atoms with van der Waals surface area (Å²) in [7, 11) is 2.91. The second-order valence-electron chi connectivity index (χ2n) is 6.08. The molecule has 0 unspecified atom stereocenters. The summed E-state index contributed by atoms with van der Waals surface area (Å²) < 4.78 is 15.7. The molecule has 0 saturated heterocycles. The molecule has 2 aromatic carbocycles. The van der Waals surface area contributed by atoms with E-state index in [9.17, 15) is 9.59 Å². The Labute approximate surface area is 169 Å². The SMILES string of the molecule is COC(=O)c1ccc(C(=O)Nc2nc(-c3cc4ccc(OC)cc4o3)cs2)cc1. The van der Waals surface area contributed by atoms with Crippen LogP contribution < -0.4 is 10.1 Å². The molecule has 146 valence electrons. The second kappa shape index (κ2) is 7.76. The molecule has 1 amide bonds. The van der Waals surface area contributed by atoms with Gasteiger partial charge in [-0.1, -0.05) is 0 Å². The zero-order valence-electron chi connectivity index (χ0n) is 15.6. The van der Waals surface area contributed by atoms with Crippen molar-refractivity contribution in [2.75, 3.05) is 19.5 Å². The van der Waals surface area contributed by atoms with Gasteiger partial charge in [0.05, 0.1) is 19.8 Å². The predicted octanol–water partition coefficient (Wildman–Crippen LogP) is 4.60. The van der Waals surface area contributed by atoms with Crippen molar-refractivity contribution >= 4 is 39.3 Å². The topological polar surface area (TPSA) is 90.7 Å². The molecule has 0 aliphatic heterocycles. The van der Waals surface area contributed by atoms with Crippen LogP contribution in [-0.2, 0) is 4.74 Å². The summed E-state index contributed by atoms with van der Waals surface area (Å²) >= 11 is 1.29. The first-order chi connectivity index (χ1) is 14.1. The first kappa shape index (κ1) is 18.7. The van der Waals surface area contributed by atoms with Crippen LogP contribution in [0.5, 0.6) is 5.75 Å². The Kier molecular flexibility index (Phi) is 5.01. The summed E-state index contributed by atoms with van der Waals surface area (Å²) in [6, 6.07) is 13.7. The third-order valence-corrected chi connectivity index (χ3v) is 5.03. The van der Waals surface area contributed by atoms with E-state index in [1.54, 1.807) is 19.2 Å². The number of anilines is 1. The van der Waals surface area contributed by atoms with Gasteiger partial charge in [-0.15, -0.1) is 11.3 Å². The number of carbonyl (C=O) groups excluding carboxylic acids is 2. The van der Waals surface area contributed by atoms with Gasteiger partial charge in [0.2, 0.25) is 0 Å². The summed E-state index contributed by atoms with van der Waals surface area (Å²) in [5.41, 5.74) is 2.11. The quantitative estimate of drug-likeness (QED) is 0.485. The summed E-state index contributed by atoms with van der Waals surface area (Å²) in [6.45, 7) is 0. The Morgan fingerprint density at radius 1 is 1.03 bits per heavy atom. The van der Waals surface area contributed by atoms with Crippen molar-refractivity contribution in [1.82, 2.24) is 4.98 Å². The first-order valence-electron chi connectivity index (χ1n) is 8.60. The summed E-state index contributed by atoms with van der Waals surface area (Å²) in [5.74, 6) is 0.539. The van der Waals surface area contributed by atoms with Gasteiger partial charge in [-0.2, -0.15) is 0 Å². The van der Waals surface area contributed by atoms with E-state index in [-0.39, 0.29) is 5.91 Å². The molecule has 2 aromatic heterocycles. The average Bonchev–Trinajstić information content (AvgIpc) is 3.39. The number of ether oxygens (including phenoxy) is 2. The maximum atomic E-state index is 12.4. The number of nitrogens with one attached hydrogen (secondary N) is 1. The molecule has 0 aliphatic carbocycles. The third-order valence-electron chi connectivity index (χ3n) is 4.27. The number of rotatable bonds is 5. The molecule has 2 heterocycles. The van der Waals surface area contributed by atoms with E-state index in [0.717, 1.165) is 5.39 Å². The fraction of sp³-hybridized carbons (Fsp3) is 0.0952. The number of furan rings is 1. The molecule has 0 aliphatic rings. The van der Waals surface area contributed by atoms with E-state index >= 15 is 0 Å². The van der Waals surface area contributed by atoms with E-state index in [1.165, 1.54) is 30.6 Å². The van der Waals surface area contributed by atoms with Crippen molar-refractivity contribution in [2.45, 2.75) is 0 Å². The molecule has 0 fully saturated rings. The zero-order valence-corrected chi connectivity index (χ0v) is 16.4. The molecule has 7 nitrogen and oxygen atoms in total. The van der Waals surface area contributed by atoms with Crippen molar-refractivity contribution in [3.63, 3.8) is 0 Å². The number of nitrogens with zero attached hydrogens (tertiary/aromatic N) is 1. The lowest BCUT2D eigenvalue weighted by atomic mass is 10.1. The van der Waals surface area contributed by atoms with Gasteiger partial charge in [0.1, 0.15) is 17.0 Å². The van der Waals surface area contributed by atoms with Gasteiger partial charge >= 0.3 is 5.97 Å². The number of hydrogen-bond donors (Lipinski definition) is 1. The van der Waals surface area contributed by atoms with Crippen molar-refractivity contribution in [2.24, 2.45) is 0 Å². The average molecular weight is 408 g/mol. The lowest BCUT2D eigenvalue weighted by Crippen LogP contribution is -2.12. The minimum atomic E-state index is -0.454. The Morgan fingerprint density at radius 3 is 2.52 bits per heavy atom. The number of fused-ring (bicyclic) bond motifs is 1. The van der Waals surface area contributed by atoms with Crippen LogP contribution in [0.4, 0.5) is 5.13 Å². The van der Waals surface area contributed by atoms with E-state index < -0.39 is 5.97 Å².